The van der Waals surface area contributed by atoms with Crippen molar-refractivity contribution in [1.29, 1.82) is 0 Å². The van der Waals surface area contributed by atoms with Crippen molar-refractivity contribution in [2.75, 3.05) is 45.8 Å². The SMILES string of the molecule is CCCCCCCCCCCCCCCCCCSCCCO[PH](=O)OC(C)C[N+](C)(C)C. The molecule has 0 aliphatic heterocycles. The number of thioether (sulfide) groups is 1. The Hall–Kier alpha value is 0.460. The van der Waals surface area contributed by atoms with Gasteiger partial charge in [0.1, 0.15) is 12.6 Å². The van der Waals surface area contributed by atoms with Crippen molar-refractivity contribution in [2.24, 2.45) is 0 Å². The molecule has 0 bridgehead atoms. The van der Waals surface area contributed by atoms with Gasteiger partial charge in [0.25, 0.3) is 0 Å². The van der Waals surface area contributed by atoms with Gasteiger partial charge in [0.2, 0.25) is 0 Å². The van der Waals surface area contributed by atoms with Crippen LogP contribution in [-0.4, -0.2) is 56.4 Å². The van der Waals surface area contributed by atoms with Crippen molar-refractivity contribution in [3.05, 3.63) is 0 Å². The summed E-state index contributed by atoms with van der Waals surface area (Å²) >= 11 is 2.00. The van der Waals surface area contributed by atoms with Gasteiger partial charge in [0, 0.05) is 0 Å². The maximum absolute atomic E-state index is 11.9. The molecule has 0 spiro atoms. The summed E-state index contributed by atoms with van der Waals surface area (Å²) < 4.78 is 23.5. The predicted molar refractivity (Wildman–Crippen MR) is 150 cm³/mol. The van der Waals surface area contributed by atoms with Crippen molar-refractivity contribution in [3.63, 3.8) is 0 Å². The molecule has 6 heteroatoms. The van der Waals surface area contributed by atoms with Gasteiger partial charge in [0.05, 0.1) is 27.7 Å². The highest BCUT2D eigenvalue weighted by molar-refractivity contribution is 7.99. The summed E-state index contributed by atoms with van der Waals surface area (Å²) in [5, 5.41) is 0. The number of likely N-dealkylation sites (N-methyl/N-ethyl adjacent to an activating group) is 1. The molecule has 0 aliphatic rings. The van der Waals surface area contributed by atoms with Crippen LogP contribution in [0.2, 0.25) is 0 Å². The van der Waals surface area contributed by atoms with Crippen molar-refractivity contribution >= 4 is 20.0 Å². The summed E-state index contributed by atoms with van der Waals surface area (Å²) in [5.74, 6) is 2.33. The van der Waals surface area contributed by atoms with E-state index >= 15 is 0 Å². The molecular formula is C27H59NO3PS+. The van der Waals surface area contributed by atoms with Crippen LogP contribution in [0.3, 0.4) is 0 Å². The Morgan fingerprint density at radius 2 is 1.12 bits per heavy atom. The standard InChI is InChI=1S/C27H59NO3PS/c1-6-7-8-9-10-11-12-13-14-15-16-17-18-19-20-21-24-33-25-22-23-30-32(29)31-27(2)26-28(3,4)5/h27,32H,6-26H2,1-5H3/q+1. The van der Waals surface area contributed by atoms with Gasteiger partial charge in [-0.15, -0.1) is 0 Å². The van der Waals surface area contributed by atoms with Crippen LogP contribution in [0.1, 0.15) is 123 Å². The molecule has 0 fully saturated rings. The average molecular weight is 509 g/mol. The van der Waals surface area contributed by atoms with E-state index in [1.165, 1.54) is 108 Å². The van der Waals surface area contributed by atoms with Crippen LogP contribution in [0.15, 0.2) is 0 Å². The Morgan fingerprint density at radius 1 is 0.697 bits per heavy atom. The Bertz CT molecular complexity index is 432. The van der Waals surface area contributed by atoms with E-state index in [0.29, 0.717) is 6.61 Å². The fourth-order valence-electron chi connectivity index (χ4n) is 4.18. The second-order valence-electron chi connectivity index (χ2n) is 10.8. The van der Waals surface area contributed by atoms with Crippen LogP contribution in [-0.2, 0) is 13.6 Å². The molecule has 2 atom stereocenters. The highest BCUT2D eigenvalue weighted by Gasteiger charge is 2.16. The topological polar surface area (TPSA) is 35.5 Å². The molecule has 0 aromatic rings. The number of unbranched alkanes of at least 4 members (excludes halogenated alkanes) is 15. The number of hydrogen-bond donors (Lipinski definition) is 0. The summed E-state index contributed by atoms with van der Waals surface area (Å²) in [4.78, 5) is 0. The molecule has 0 saturated carbocycles. The average Bonchev–Trinajstić information content (AvgIpc) is 2.73. The lowest BCUT2D eigenvalue weighted by atomic mass is 10.0. The van der Waals surface area contributed by atoms with E-state index in [4.69, 9.17) is 9.05 Å². The summed E-state index contributed by atoms with van der Waals surface area (Å²) in [6, 6.07) is 0. The fraction of sp³-hybridized carbons (Fsp3) is 1.00. The lowest BCUT2D eigenvalue weighted by Crippen LogP contribution is -2.40. The number of hydrogen-bond acceptors (Lipinski definition) is 4. The van der Waals surface area contributed by atoms with Crippen LogP contribution in [0.25, 0.3) is 0 Å². The smallest absolute Gasteiger partial charge is 0.319 e. The van der Waals surface area contributed by atoms with Gasteiger partial charge in [-0.1, -0.05) is 103 Å². The third-order valence-corrected chi connectivity index (χ3v) is 8.09. The highest BCUT2D eigenvalue weighted by Crippen LogP contribution is 2.27. The first-order chi connectivity index (χ1) is 15.8. The fourth-order valence-corrected chi connectivity index (χ4v) is 5.89. The molecule has 4 nitrogen and oxygen atoms in total. The van der Waals surface area contributed by atoms with Gasteiger partial charge in [-0.05, 0) is 31.3 Å². The van der Waals surface area contributed by atoms with E-state index in [-0.39, 0.29) is 6.10 Å². The quantitative estimate of drug-likeness (QED) is 0.0664. The zero-order chi connectivity index (χ0) is 24.6. The molecule has 0 aliphatic carbocycles. The Kier molecular flexibility index (Phi) is 24.5. The van der Waals surface area contributed by atoms with Gasteiger partial charge in [-0.2, -0.15) is 11.8 Å². The molecule has 0 N–H and O–H groups in total. The van der Waals surface area contributed by atoms with Crippen molar-refractivity contribution in [1.82, 2.24) is 0 Å². The lowest BCUT2D eigenvalue weighted by molar-refractivity contribution is -0.873. The molecule has 0 saturated heterocycles. The maximum Gasteiger partial charge on any atom is 0.319 e. The minimum atomic E-state index is -2.35. The molecule has 0 aromatic carbocycles. The Balaban J connectivity index is 3.20. The zero-order valence-electron chi connectivity index (χ0n) is 23.0. The van der Waals surface area contributed by atoms with Gasteiger partial charge in [0.15, 0.2) is 0 Å². The second-order valence-corrected chi connectivity index (χ2v) is 13.0. The Morgan fingerprint density at radius 3 is 1.58 bits per heavy atom. The first kappa shape index (κ1) is 33.5. The minimum absolute atomic E-state index is 0.0410. The normalized spacial score (nSPS) is 14.0. The summed E-state index contributed by atoms with van der Waals surface area (Å²) in [6.45, 7) is 5.62. The number of quaternary nitrogens is 1. The summed E-state index contributed by atoms with van der Waals surface area (Å²) in [6.07, 6.45) is 23.7. The molecule has 0 rings (SSSR count). The van der Waals surface area contributed by atoms with Crippen LogP contribution >= 0.6 is 20.0 Å². The van der Waals surface area contributed by atoms with Crippen molar-refractivity contribution < 1.29 is 18.1 Å². The largest absolute Gasteiger partial charge is 0.329 e. The van der Waals surface area contributed by atoms with E-state index in [0.717, 1.165) is 23.2 Å². The van der Waals surface area contributed by atoms with E-state index in [2.05, 4.69) is 28.1 Å². The van der Waals surface area contributed by atoms with Crippen LogP contribution in [0, 0.1) is 0 Å². The van der Waals surface area contributed by atoms with E-state index < -0.39 is 8.25 Å². The first-order valence-corrected chi connectivity index (χ1v) is 16.4. The monoisotopic (exact) mass is 508 g/mol. The summed E-state index contributed by atoms with van der Waals surface area (Å²) in [7, 11) is 3.96. The zero-order valence-corrected chi connectivity index (χ0v) is 24.8. The van der Waals surface area contributed by atoms with Gasteiger partial charge in [-0.25, -0.2) is 0 Å². The lowest BCUT2D eigenvalue weighted by Gasteiger charge is -2.27. The molecule has 200 valence electrons. The minimum Gasteiger partial charge on any atom is -0.329 e. The number of nitrogens with zero attached hydrogens (tertiary/aromatic N) is 1. The molecule has 0 amide bonds. The van der Waals surface area contributed by atoms with E-state index in [1.54, 1.807) is 0 Å². The highest BCUT2D eigenvalue weighted by atomic mass is 32.2. The van der Waals surface area contributed by atoms with Crippen LogP contribution < -0.4 is 0 Å². The predicted octanol–water partition coefficient (Wildman–Crippen LogP) is 8.89. The van der Waals surface area contributed by atoms with E-state index in [9.17, 15) is 4.57 Å². The molecular weight excluding hydrogens is 449 g/mol. The second kappa shape index (κ2) is 24.2. The molecule has 0 heterocycles. The number of rotatable bonds is 26. The van der Waals surface area contributed by atoms with Gasteiger partial charge >= 0.3 is 8.25 Å². The molecule has 0 aromatic heterocycles. The third-order valence-electron chi connectivity index (χ3n) is 5.90. The summed E-state index contributed by atoms with van der Waals surface area (Å²) in [5.41, 5.74) is 0. The third kappa shape index (κ3) is 28.6. The van der Waals surface area contributed by atoms with Gasteiger partial charge < -0.3 is 13.5 Å². The molecule has 0 radical (unpaired) electrons. The molecule has 33 heavy (non-hydrogen) atoms. The first-order valence-electron chi connectivity index (χ1n) is 14.1. The maximum atomic E-state index is 11.9. The van der Waals surface area contributed by atoms with Crippen LogP contribution in [0.4, 0.5) is 0 Å². The van der Waals surface area contributed by atoms with Crippen LogP contribution in [0.5, 0.6) is 0 Å². The molecule has 2 unspecified atom stereocenters. The van der Waals surface area contributed by atoms with Gasteiger partial charge in [-0.3, -0.25) is 4.57 Å². The Labute approximate surface area is 212 Å². The van der Waals surface area contributed by atoms with Crippen molar-refractivity contribution in [2.45, 2.75) is 129 Å². The van der Waals surface area contributed by atoms with E-state index in [1.807, 2.05) is 18.7 Å². The van der Waals surface area contributed by atoms with Crippen molar-refractivity contribution in [3.8, 4) is 0 Å².